The molecule has 0 radical (unpaired) electrons. The third kappa shape index (κ3) is 4.44. The van der Waals surface area contributed by atoms with Gasteiger partial charge in [-0.2, -0.15) is 0 Å². The zero-order valence-electron chi connectivity index (χ0n) is 9.40. The first-order valence-electron chi connectivity index (χ1n) is 5.26. The highest BCUT2D eigenvalue weighted by atomic mass is 35.5. The van der Waals surface area contributed by atoms with Crippen molar-refractivity contribution in [3.8, 4) is 0 Å². The molecular formula is C12H13ClNO3-. The molecule has 0 fully saturated rings. The zero-order valence-corrected chi connectivity index (χ0v) is 10.2. The number of hydrogen-bond donors (Lipinski definition) is 1. The van der Waals surface area contributed by atoms with E-state index in [1.807, 2.05) is 0 Å². The maximum atomic E-state index is 11.5. The molecule has 0 aliphatic heterocycles. The van der Waals surface area contributed by atoms with Crippen molar-refractivity contribution in [1.29, 1.82) is 0 Å². The van der Waals surface area contributed by atoms with E-state index in [4.69, 9.17) is 11.6 Å². The number of para-hydroxylation sites is 1. The molecular weight excluding hydrogens is 242 g/mol. The van der Waals surface area contributed by atoms with Crippen molar-refractivity contribution in [3.05, 3.63) is 29.3 Å². The van der Waals surface area contributed by atoms with Gasteiger partial charge >= 0.3 is 0 Å². The summed E-state index contributed by atoms with van der Waals surface area (Å²) in [7, 11) is 0. The minimum absolute atomic E-state index is 0.125. The summed E-state index contributed by atoms with van der Waals surface area (Å²) < 4.78 is 0. The van der Waals surface area contributed by atoms with E-state index in [9.17, 15) is 14.7 Å². The van der Waals surface area contributed by atoms with Gasteiger partial charge in [0.15, 0.2) is 0 Å². The van der Waals surface area contributed by atoms with Crippen LogP contribution >= 0.6 is 11.6 Å². The summed E-state index contributed by atoms with van der Waals surface area (Å²) in [5.41, 5.74) is 0.528. The summed E-state index contributed by atoms with van der Waals surface area (Å²) in [6.45, 7) is 1.51. The van der Waals surface area contributed by atoms with Crippen LogP contribution in [0.1, 0.15) is 19.8 Å². The molecule has 0 spiro atoms. The smallest absolute Gasteiger partial charge is 0.224 e. The van der Waals surface area contributed by atoms with Crippen molar-refractivity contribution in [2.24, 2.45) is 5.92 Å². The Morgan fingerprint density at radius 1 is 1.41 bits per heavy atom. The predicted molar refractivity (Wildman–Crippen MR) is 63.5 cm³/mol. The lowest BCUT2D eigenvalue weighted by Gasteiger charge is -2.12. The molecule has 0 aliphatic rings. The Morgan fingerprint density at radius 3 is 2.65 bits per heavy atom. The summed E-state index contributed by atoms with van der Waals surface area (Å²) in [5.74, 6) is -2.03. The zero-order chi connectivity index (χ0) is 12.8. The van der Waals surface area contributed by atoms with Crippen LogP contribution < -0.4 is 10.4 Å². The number of anilines is 1. The molecule has 4 nitrogen and oxygen atoms in total. The number of halogens is 1. The van der Waals surface area contributed by atoms with Crippen LogP contribution in [-0.4, -0.2) is 11.9 Å². The Hall–Kier alpha value is -1.55. The monoisotopic (exact) mass is 254 g/mol. The van der Waals surface area contributed by atoms with Crippen molar-refractivity contribution in [2.45, 2.75) is 19.8 Å². The highest BCUT2D eigenvalue weighted by Crippen LogP contribution is 2.20. The number of carboxylic acids is 1. The van der Waals surface area contributed by atoms with Gasteiger partial charge < -0.3 is 15.2 Å². The molecule has 1 atom stereocenters. The van der Waals surface area contributed by atoms with Gasteiger partial charge in [0.1, 0.15) is 0 Å². The second-order valence-electron chi connectivity index (χ2n) is 3.79. The van der Waals surface area contributed by atoms with Gasteiger partial charge in [-0.15, -0.1) is 0 Å². The summed E-state index contributed by atoms with van der Waals surface area (Å²) in [6, 6.07) is 6.87. The van der Waals surface area contributed by atoms with Crippen molar-refractivity contribution < 1.29 is 14.7 Å². The van der Waals surface area contributed by atoms with Crippen molar-refractivity contribution in [3.63, 3.8) is 0 Å². The summed E-state index contributed by atoms with van der Waals surface area (Å²) in [4.78, 5) is 22.0. The van der Waals surface area contributed by atoms with Gasteiger partial charge in [0.2, 0.25) is 5.91 Å². The van der Waals surface area contributed by atoms with Crippen LogP contribution in [0.2, 0.25) is 5.02 Å². The van der Waals surface area contributed by atoms with Gasteiger partial charge in [-0.05, 0) is 24.5 Å². The molecule has 17 heavy (non-hydrogen) atoms. The molecule has 0 saturated heterocycles. The third-order valence-electron chi connectivity index (χ3n) is 2.35. The van der Waals surface area contributed by atoms with Crippen LogP contribution in [0.4, 0.5) is 5.69 Å². The lowest BCUT2D eigenvalue weighted by molar-refractivity contribution is -0.311. The highest BCUT2D eigenvalue weighted by Gasteiger charge is 2.08. The Morgan fingerprint density at radius 2 is 2.06 bits per heavy atom. The second kappa shape index (κ2) is 6.25. The first-order chi connectivity index (χ1) is 8.00. The van der Waals surface area contributed by atoms with Crippen molar-refractivity contribution >= 4 is 29.2 Å². The number of hydrogen-bond acceptors (Lipinski definition) is 3. The Labute approximate surface area is 105 Å². The molecule has 5 heteroatoms. The first kappa shape index (κ1) is 13.5. The third-order valence-corrected chi connectivity index (χ3v) is 2.68. The van der Waals surface area contributed by atoms with Crippen LogP contribution in [0.25, 0.3) is 0 Å². The van der Waals surface area contributed by atoms with Gasteiger partial charge in [-0.3, -0.25) is 4.79 Å². The topological polar surface area (TPSA) is 69.2 Å². The number of nitrogens with one attached hydrogen (secondary N) is 1. The minimum Gasteiger partial charge on any atom is -0.550 e. The van der Waals surface area contributed by atoms with Crippen LogP contribution in [0.3, 0.4) is 0 Å². The molecule has 92 valence electrons. The van der Waals surface area contributed by atoms with Crippen molar-refractivity contribution in [1.82, 2.24) is 0 Å². The van der Waals surface area contributed by atoms with Crippen molar-refractivity contribution in [2.75, 3.05) is 5.32 Å². The highest BCUT2D eigenvalue weighted by molar-refractivity contribution is 6.33. The largest absolute Gasteiger partial charge is 0.550 e. The molecule has 1 aromatic carbocycles. The number of rotatable bonds is 5. The van der Waals surface area contributed by atoms with Gasteiger partial charge in [0.25, 0.3) is 0 Å². The first-order valence-corrected chi connectivity index (χ1v) is 5.63. The molecule has 1 aromatic rings. The second-order valence-corrected chi connectivity index (χ2v) is 4.19. The number of benzene rings is 1. The molecule has 0 saturated carbocycles. The number of carbonyl (C=O) groups excluding carboxylic acids is 2. The Kier molecular flexibility index (Phi) is 4.97. The molecule has 0 aliphatic carbocycles. The van der Waals surface area contributed by atoms with Crippen LogP contribution in [0.15, 0.2) is 24.3 Å². The summed E-state index contributed by atoms with van der Waals surface area (Å²) in [5, 5.41) is 13.5. The average Bonchev–Trinajstić information content (AvgIpc) is 2.29. The standard InChI is InChI=1S/C12H14ClNO3/c1-8(12(16)17)6-7-11(15)14-10-5-3-2-4-9(10)13/h2-5,8H,6-7H2,1H3,(H,14,15)(H,16,17)/p-1/t8-/m0/s1. The van der Waals surface area contributed by atoms with E-state index in [1.54, 1.807) is 24.3 Å². The summed E-state index contributed by atoms with van der Waals surface area (Å²) in [6.07, 6.45) is 0.374. The Balaban J connectivity index is 2.46. The van der Waals surface area contributed by atoms with E-state index in [0.29, 0.717) is 10.7 Å². The SMILES string of the molecule is C[C@@H](CCC(=O)Nc1ccccc1Cl)C(=O)[O-]. The quantitative estimate of drug-likeness (QED) is 0.865. The fourth-order valence-electron chi connectivity index (χ4n) is 1.24. The van der Waals surface area contributed by atoms with E-state index >= 15 is 0 Å². The maximum absolute atomic E-state index is 11.5. The van der Waals surface area contributed by atoms with Crippen LogP contribution in [0.5, 0.6) is 0 Å². The maximum Gasteiger partial charge on any atom is 0.224 e. The van der Waals surface area contributed by atoms with E-state index < -0.39 is 11.9 Å². The van der Waals surface area contributed by atoms with E-state index in [-0.39, 0.29) is 18.7 Å². The normalized spacial score (nSPS) is 11.9. The number of carbonyl (C=O) groups is 2. The van der Waals surface area contributed by atoms with E-state index in [1.165, 1.54) is 6.92 Å². The fourth-order valence-corrected chi connectivity index (χ4v) is 1.42. The van der Waals surface area contributed by atoms with Gasteiger partial charge in [-0.1, -0.05) is 30.7 Å². The molecule has 0 heterocycles. The predicted octanol–water partition coefficient (Wildman–Crippen LogP) is 1.44. The molecule has 1 N–H and O–H groups in total. The minimum atomic E-state index is -1.14. The van der Waals surface area contributed by atoms with Crippen LogP contribution in [0, 0.1) is 5.92 Å². The lowest BCUT2D eigenvalue weighted by atomic mass is 10.1. The van der Waals surface area contributed by atoms with E-state index in [0.717, 1.165) is 0 Å². The van der Waals surface area contributed by atoms with Gasteiger partial charge in [0.05, 0.1) is 10.7 Å². The molecule has 0 aromatic heterocycles. The lowest BCUT2D eigenvalue weighted by Crippen LogP contribution is -2.30. The average molecular weight is 255 g/mol. The molecule has 0 bridgehead atoms. The Bertz CT molecular complexity index is 420. The van der Waals surface area contributed by atoms with E-state index in [2.05, 4.69) is 5.32 Å². The van der Waals surface area contributed by atoms with Gasteiger partial charge in [0, 0.05) is 12.4 Å². The molecule has 1 rings (SSSR count). The number of amides is 1. The molecule has 1 amide bonds. The summed E-state index contributed by atoms with van der Waals surface area (Å²) >= 11 is 5.86. The molecule has 0 unspecified atom stereocenters. The van der Waals surface area contributed by atoms with Crippen LogP contribution in [-0.2, 0) is 9.59 Å². The number of aliphatic carboxylic acids is 1. The number of carboxylic acid groups (broad SMARTS) is 1. The fraction of sp³-hybridized carbons (Fsp3) is 0.333. The van der Waals surface area contributed by atoms with Gasteiger partial charge in [-0.25, -0.2) is 0 Å².